The van der Waals surface area contributed by atoms with Gasteiger partial charge in [-0.05, 0) is 48.5 Å². The number of nitro benzene ring substituents is 1. The lowest BCUT2D eigenvalue weighted by Crippen LogP contribution is -2.12. The van der Waals surface area contributed by atoms with Crippen LogP contribution in [0.15, 0.2) is 77.7 Å². The van der Waals surface area contributed by atoms with Crippen molar-refractivity contribution in [3.63, 3.8) is 0 Å². The van der Waals surface area contributed by atoms with Gasteiger partial charge in [-0.2, -0.15) is 8.42 Å². The summed E-state index contributed by atoms with van der Waals surface area (Å²) in [6, 6.07) is 16.7. The third kappa shape index (κ3) is 4.81. The maximum Gasteiger partial charge on any atom is 0.339 e. The Balaban J connectivity index is 1.73. The number of nitrogens with one attached hydrogen (secondary N) is 1. The molecule has 0 heterocycles. The summed E-state index contributed by atoms with van der Waals surface area (Å²) in [7, 11) is -4.28. The monoisotopic (exact) mass is 422 g/mol. The molecule has 1 amide bonds. The number of carbonyl (C=O) groups excluding carboxylic acids is 1. The summed E-state index contributed by atoms with van der Waals surface area (Å²) < 4.78 is 29.7. The van der Waals surface area contributed by atoms with Gasteiger partial charge in [0.2, 0.25) is 0 Å². The van der Waals surface area contributed by atoms with E-state index in [1.807, 2.05) is 0 Å². The Labute approximate surface area is 172 Å². The van der Waals surface area contributed by atoms with Crippen LogP contribution in [0.5, 0.6) is 5.75 Å². The molecule has 9 heteroatoms. The SMILES string of the molecule is C#Cc1cccc(NC(=O)c2ccc(OS(=O)(=O)c3cccc([N+](=O)[O-])c3)cc2)c1. The minimum Gasteiger partial charge on any atom is -0.379 e. The molecule has 0 bridgehead atoms. The summed E-state index contributed by atoms with van der Waals surface area (Å²) in [6.45, 7) is 0. The molecule has 0 atom stereocenters. The molecule has 0 aliphatic heterocycles. The van der Waals surface area contributed by atoms with Crippen molar-refractivity contribution in [1.82, 2.24) is 0 Å². The van der Waals surface area contributed by atoms with Gasteiger partial charge in [-0.25, -0.2) is 0 Å². The highest BCUT2D eigenvalue weighted by molar-refractivity contribution is 7.87. The molecule has 3 aromatic rings. The highest BCUT2D eigenvalue weighted by Crippen LogP contribution is 2.22. The standard InChI is InChI=1S/C21H14N2O6S/c1-2-15-5-3-6-17(13-15)22-21(24)16-9-11-19(12-10-16)29-30(27,28)20-8-4-7-18(14-20)23(25)26/h1,3-14H,(H,22,24). The molecule has 8 nitrogen and oxygen atoms in total. The third-order valence-corrected chi connectivity index (χ3v) is 5.17. The summed E-state index contributed by atoms with van der Waals surface area (Å²) in [5.41, 5.74) is 1.02. The van der Waals surface area contributed by atoms with Crippen LogP contribution in [0.2, 0.25) is 0 Å². The second-order valence-electron chi connectivity index (χ2n) is 6.00. The van der Waals surface area contributed by atoms with Crippen LogP contribution in [0, 0.1) is 22.5 Å². The number of benzene rings is 3. The van der Waals surface area contributed by atoms with Crippen LogP contribution >= 0.6 is 0 Å². The molecule has 3 aromatic carbocycles. The third-order valence-electron chi connectivity index (χ3n) is 3.93. The fourth-order valence-electron chi connectivity index (χ4n) is 2.48. The van der Waals surface area contributed by atoms with E-state index in [1.165, 1.54) is 42.5 Å². The zero-order valence-electron chi connectivity index (χ0n) is 15.3. The maximum atomic E-state index is 12.4. The first-order chi connectivity index (χ1) is 14.3. The van der Waals surface area contributed by atoms with Gasteiger partial charge in [0.1, 0.15) is 10.6 Å². The Morgan fingerprint density at radius 3 is 2.40 bits per heavy atom. The molecule has 1 N–H and O–H groups in total. The number of hydrogen-bond donors (Lipinski definition) is 1. The first-order valence-electron chi connectivity index (χ1n) is 8.45. The van der Waals surface area contributed by atoms with Crippen molar-refractivity contribution in [2.45, 2.75) is 4.90 Å². The average molecular weight is 422 g/mol. The molecule has 30 heavy (non-hydrogen) atoms. The lowest BCUT2D eigenvalue weighted by molar-refractivity contribution is -0.385. The van der Waals surface area contributed by atoms with Gasteiger partial charge in [-0.15, -0.1) is 6.42 Å². The number of nitro groups is 1. The zero-order valence-corrected chi connectivity index (χ0v) is 16.1. The van der Waals surface area contributed by atoms with E-state index in [0.717, 1.165) is 6.07 Å². The Bertz CT molecular complexity index is 1260. The quantitative estimate of drug-likeness (QED) is 0.281. The second kappa shape index (κ2) is 8.46. The van der Waals surface area contributed by atoms with E-state index in [2.05, 4.69) is 11.2 Å². The van der Waals surface area contributed by atoms with Gasteiger partial charge in [0.25, 0.3) is 11.6 Å². The molecule has 0 saturated heterocycles. The van der Waals surface area contributed by atoms with Gasteiger partial charge < -0.3 is 9.50 Å². The van der Waals surface area contributed by atoms with E-state index in [0.29, 0.717) is 11.3 Å². The summed E-state index contributed by atoms with van der Waals surface area (Å²) in [4.78, 5) is 22.1. The number of terminal acetylenes is 1. The van der Waals surface area contributed by atoms with Gasteiger partial charge in [-0.1, -0.05) is 18.1 Å². The van der Waals surface area contributed by atoms with E-state index in [4.69, 9.17) is 10.6 Å². The molecule has 0 saturated carbocycles. The maximum absolute atomic E-state index is 12.4. The van der Waals surface area contributed by atoms with E-state index in [-0.39, 0.29) is 21.9 Å². The second-order valence-corrected chi connectivity index (χ2v) is 7.54. The van der Waals surface area contributed by atoms with Gasteiger partial charge in [0.15, 0.2) is 0 Å². The minimum absolute atomic E-state index is 0.0487. The Kier molecular flexibility index (Phi) is 5.80. The van der Waals surface area contributed by atoms with Crippen LogP contribution in [-0.4, -0.2) is 19.2 Å². The van der Waals surface area contributed by atoms with Crippen LogP contribution < -0.4 is 9.50 Å². The first kappa shape index (κ1) is 20.6. The largest absolute Gasteiger partial charge is 0.379 e. The number of amides is 1. The number of hydrogen-bond acceptors (Lipinski definition) is 6. The molecule has 0 spiro atoms. The van der Waals surface area contributed by atoms with Crippen molar-refractivity contribution < 1.29 is 22.3 Å². The summed E-state index contributed by atoms with van der Waals surface area (Å²) in [6.07, 6.45) is 5.33. The zero-order chi connectivity index (χ0) is 21.7. The van der Waals surface area contributed by atoms with Gasteiger partial charge in [0, 0.05) is 28.9 Å². The molecular weight excluding hydrogens is 408 g/mol. The Morgan fingerprint density at radius 2 is 1.73 bits per heavy atom. The predicted octanol–water partition coefficient (Wildman–Crippen LogP) is 3.60. The molecule has 3 rings (SSSR count). The molecule has 150 valence electrons. The van der Waals surface area contributed by atoms with Crippen LogP contribution in [0.1, 0.15) is 15.9 Å². The van der Waals surface area contributed by atoms with E-state index in [1.54, 1.807) is 24.3 Å². The summed E-state index contributed by atoms with van der Waals surface area (Å²) >= 11 is 0. The van der Waals surface area contributed by atoms with Crippen molar-refractivity contribution in [2.24, 2.45) is 0 Å². The highest BCUT2D eigenvalue weighted by Gasteiger charge is 2.20. The van der Waals surface area contributed by atoms with Gasteiger partial charge >= 0.3 is 10.1 Å². The predicted molar refractivity (Wildman–Crippen MR) is 110 cm³/mol. The van der Waals surface area contributed by atoms with Gasteiger partial charge in [-0.3, -0.25) is 14.9 Å². The lowest BCUT2D eigenvalue weighted by atomic mass is 10.2. The van der Waals surface area contributed by atoms with Crippen molar-refractivity contribution in [1.29, 1.82) is 0 Å². The average Bonchev–Trinajstić information content (AvgIpc) is 2.74. The Hall–Kier alpha value is -4.16. The lowest BCUT2D eigenvalue weighted by Gasteiger charge is -2.09. The molecule has 0 unspecified atom stereocenters. The van der Waals surface area contributed by atoms with Crippen molar-refractivity contribution in [2.75, 3.05) is 5.32 Å². The molecule has 0 fully saturated rings. The number of anilines is 1. The summed E-state index contributed by atoms with van der Waals surface area (Å²) in [5, 5.41) is 13.5. The van der Waals surface area contributed by atoms with Crippen LogP contribution in [-0.2, 0) is 10.1 Å². The van der Waals surface area contributed by atoms with E-state index >= 15 is 0 Å². The molecule has 0 radical (unpaired) electrons. The molecule has 0 aliphatic carbocycles. The fourth-order valence-corrected chi connectivity index (χ4v) is 3.45. The number of non-ortho nitro benzene ring substituents is 1. The van der Waals surface area contributed by atoms with Crippen molar-refractivity contribution >= 4 is 27.4 Å². The van der Waals surface area contributed by atoms with Crippen LogP contribution in [0.25, 0.3) is 0 Å². The van der Waals surface area contributed by atoms with Crippen LogP contribution in [0.3, 0.4) is 0 Å². The van der Waals surface area contributed by atoms with Gasteiger partial charge in [0.05, 0.1) is 4.92 Å². The van der Waals surface area contributed by atoms with E-state index in [9.17, 15) is 23.3 Å². The van der Waals surface area contributed by atoms with Crippen molar-refractivity contribution in [3.8, 4) is 18.1 Å². The van der Waals surface area contributed by atoms with E-state index < -0.39 is 20.9 Å². The fraction of sp³-hybridized carbons (Fsp3) is 0. The Morgan fingerprint density at radius 1 is 1.03 bits per heavy atom. The van der Waals surface area contributed by atoms with Crippen LogP contribution in [0.4, 0.5) is 11.4 Å². The number of nitrogens with zero attached hydrogens (tertiary/aromatic N) is 1. The normalized spacial score (nSPS) is 10.6. The summed E-state index contributed by atoms with van der Waals surface area (Å²) in [5.74, 6) is 2.00. The topological polar surface area (TPSA) is 116 Å². The molecule has 0 aromatic heterocycles. The minimum atomic E-state index is -4.28. The molecular formula is C21H14N2O6S. The highest BCUT2D eigenvalue weighted by atomic mass is 32.2. The first-order valence-corrected chi connectivity index (χ1v) is 9.86. The smallest absolute Gasteiger partial charge is 0.339 e. The van der Waals surface area contributed by atoms with Crippen molar-refractivity contribution in [3.05, 3.63) is 94.0 Å². The number of rotatable bonds is 6. The number of carbonyl (C=O) groups is 1. The molecule has 0 aliphatic rings.